The minimum absolute atomic E-state index is 0.0247. The first-order chi connectivity index (χ1) is 29.4. The van der Waals surface area contributed by atoms with Crippen LogP contribution >= 0.6 is 0 Å². The number of cyclic esters (lactones) is 1. The Kier molecular flexibility index (Phi) is 16.6. The summed E-state index contributed by atoms with van der Waals surface area (Å²) in [5.74, 6) is -1.56. The Labute approximate surface area is 371 Å². The molecule has 3 N–H and O–H groups in total. The monoisotopic (exact) mass is 871 g/mol. The Balaban J connectivity index is 1.26. The van der Waals surface area contributed by atoms with E-state index in [0.717, 1.165) is 18.4 Å². The number of aliphatic hydroxyl groups is 2. The highest BCUT2D eigenvalue weighted by atomic mass is 16.7. The molecule has 1 spiro atoms. The quantitative estimate of drug-likeness (QED) is 0.142. The zero-order valence-electron chi connectivity index (χ0n) is 39.5. The molecule has 0 amide bonds. The van der Waals surface area contributed by atoms with E-state index in [4.69, 9.17) is 37.9 Å². The number of carbonyl (C=O) groups excluding carboxylic acids is 1. The molecular formula is C49H78N2O11. The van der Waals surface area contributed by atoms with Gasteiger partial charge in [-0.1, -0.05) is 63.3 Å². The Bertz CT molecular complexity index is 1680. The van der Waals surface area contributed by atoms with Gasteiger partial charge in [0.05, 0.1) is 54.9 Å². The molecule has 0 radical (unpaired) electrons. The molecule has 1 saturated carbocycles. The van der Waals surface area contributed by atoms with Crippen molar-refractivity contribution in [3.05, 3.63) is 59.3 Å². The number of rotatable bonds is 8. The van der Waals surface area contributed by atoms with E-state index in [1.54, 1.807) is 20.3 Å². The van der Waals surface area contributed by atoms with Gasteiger partial charge in [0.25, 0.3) is 0 Å². The number of allylic oxidation sites excluding steroid dienone is 3. The molecule has 13 heteroatoms. The fraction of sp³-hybridized carbons (Fsp3) is 0.776. The van der Waals surface area contributed by atoms with E-state index < -0.39 is 59.9 Å². The van der Waals surface area contributed by atoms with Gasteiger partial charge in [0, 0.05) is 59.4 Å². The minimum Gasteiger partial charge on any atom is -0.462 e. The van der Waals surface area contributed by atoms with Gasteiger partial charge in [-0.25, -0.2) is 5.43 Å². The summed E-state index contributed by atoms with van der Waals surface area (Å²) in [6.07, 6.45) is 14.3. The second kappa shape index (κ2) is 20.9. The van der Waals surface area contributed by atoms with Gasteiger partial charge in [-0.2, -0.15) is 0 Å². The lowest BCUT2D eigenvalue weighted by molar-refractivity contribution is -0.313. The van der Waals surface area contributed by atoms with Crippen LogP contribution in [0.1, 0.15) is 100 Å². The molecular weight excluding hydrogens is 793 g/mol. The van der Waals surface area contributed by atoms with Crippen LogP contribution in [0.4, 0.5) is 0 Å². The maximum absolute atomic E-state index is 14.1. The first kappa shape index (κ1) is 49.2. The summed E-state index contributed by atoms with van der Waals surface area (Å²) < 4.78 is 51.4. The van der Waals surface area contributed by atoms with Gasteiger partial charge in [0.2, 0.25) is 0 Å². The molecule has 3 fully saturated rings. The maximum Gasteiger partial charge on any atom is 0.316 e. The molecule has 62 heavy (non-hydrogen) atoms. The SMILES string of the molecule is CO[C@H]1C[C@H](O[C@H]2[C@H](C)O[C@@H](O[C@@H]3/C(C)=C/C[C@H](C)C[C@@]4(C=C[C@H](C)CO4)C[C@H](C)OC(=O)[C@@H]4C=C(C)[C@@H](O)[C@H]5CC/C(=C\C=C\[C@@H]3C)[C@]54O)C[C@@H]2OC)O[C@@H](C)[C@H]1NN(C)C. The summed E-state index contributed by atoms with van der Waals surface area (Å²) in [4.78, 5) is 14.1. The van der Waals surface area contributed by atoms with E-state index >= 15 is 0 Å². The fourth-order valence-corrected chi connectivity index (χ4v) is 10.9. The predicted molar refractivity (Wildman–Crippen MR) is 236 cm³/mol. The second-order valence-electron chi connectivity index (χ2n) is 19.7. The van der Waals surface area contributed by atoms with E-state index in [-0.39, 0.29) is 54.3 Å². The van der Waals surface area contributed by atoms with Crippen molar-refractivity contribution in [2.24, 2.45) is 29.6 Å². The van der Waals surface area contributed by atoms with Crippen LogP contribution in [-0.4, -0.2) is 135 Å². The van der Waals surface area contributed by atoms with Gasteiger partial charge in [0.15, 0.2) is 12.6 Å². The van der Waals surface area contributed by atoms with E-state index in [1.165, 1.54) is 0 Å². The van der Waals surface area contributed by atoms with E-state index in [9.17, 15) is 15.0 Å². The molecule has 6 rings (SSSR count). The summed E-state index contributed by atoms with van der Waals surface area (Å²) in [6.45, 7) is 17.0. The summed E-state index contributed by atoms with van der Waals surface area (Å²) >= 11 is 0. The zero-order valence-corrected chi connectivity index (χ0v) is 39.5. The average molecular weight is 871 g/mol. The van der Waals surface area contributed by atoms with E-state index in [0.29, 0.717) is 49.9 Å². The predicted octanol–water partition coefficient (Wildman–Crippen LogP) is 6.35. The molecule has 0 aromatic heterocycles. The lowest BCUT2D eigenvalue weighted by Gasteiger charge is -2.45. The number of methoxy groups -OCH3 is 2. The number of esters is 1. The second-order valence-corrected chi connectivity index (χ2v) is 19.7. The fourth-order valence-electron chi connectivity index (χ4n) is 10.9. The molecule has 13 nitrogen and oxygen atoms in total. The third-order valence-corrected chi connectivity index (χ3v) is 14.2. The Morgan fingerprint density at radius 1 is 0.903 bits per heavy atom. The van der Waals surface area contributed by atoms with Crippen molar-refractivity contribution in [1.29, 1.82) is 0 Å². The number of ether oxygens (including phenoxy) is 8. The van der Waals surface area contributed by atoms with Gasteiger partial charge in [-0.15, -0.1) is 0 Å². The van der Waals surface area contributed by atoms with Gasteiger partial charge < -0.3 is 48.1 Å². The third kappa shape index (κ3) is 11.0. The smallest absolute Gasteiger partial charge is 0.316 e. The molecule has 0 aromatic rings. The van der Waals surface area contributed by atoms with Crippen molar-refractivity contribution in [3.8, 4) is 0 Å². The van der Waals surface area contributed by atoms with Crippen LogP contribution in [0.25, 0.3) is 0 Å². The van der Waals surface area contributed by atoms with Crippen molar-refractivity contribution in [3.63, 3.8) is 0 Å². The number of carbonyl (C=O) groups is 1. The summed E-state index contributed by atoms with van der Waals surface area (Å²) in [5, 5.41) is 25.8. The van der Waals surface area contributed by atoms with Crippen LogP contribution in [0, 0.1) is 29.6 Å². The number of nitrogens with zero attached hydrogens (tertiary/aromatic N) is 1. The van der Waals surface area contributed by atoms with Crippen molar-refractivity contribution >= 4 is 5.97 Å². The molecule has 2 saturated heterocycles. The first-order valence-electron chi connectivity index (χ1n) is 23.2. The summed E-state index contributed by atoms with van der Waals surface area (Å²) in [5.41, 5.74) is 3.69. The maximum atomic E-state index is 14.1. The van der Waals surface area contributed by atoms with Crippen LogP contribution in [-0.2, 0) is 42.7 Å². The molecule has 6 aliphatic rings. The highest BCUT2D eigenvalue weighted by Crippen LogP contribution is 2.52. The van der Waals surface area contributed by atoms with Crippen LogP contribution in [0.5, 0.6) is 0 Å². The third-order valence-electron chi connectivity index (χ3n) is 14.2. The van der Waals surface area contributed by atoms with Gasteiger partial charge in [-0.3, -0.25) is 9.80 Å². The number of hydrogen-bond donors (Lipinski definition) is 3. The molecule has 350 valence electrons. The Morgan fingerprint density at radius 3 is 2.27 bits per heavy atom. The lowest BCUT2D eigenvalue weighted by atomic mass is 9.68. The zero-order chi connectivity index (χ0) is 45.1. The Hall–Kier alpha value is -2.27. The number of nitrogens with one attached hydrogen (secondary N) is 1. The molecule has 4 heterocycles. The van der Waals surface area contributed by atoms with Gasteiger partial charge in [-0.05, 0) is 88.9 Å². The highest BCUT2D eigenvalue weighted by molar-refractivity contribution is 5.78. The van der Waals surface area contributed by atoms with Crippen molar-refractivity contribution in [2.75, 3.05) is 34.9 Å². The first-order valence-corrected chi connectivity index (χ1v) is 23.2. The van der Waals surface area contributed by atoms with Gasteiger partial charge in [0.1, 0.15) is 23.7 Å². The number of hydrogen-bond acceptors (Lipinski definition) is 13. The van der Waals surface area contributed by atoms with Crippen LogP contribution < -0.4 is 5.43 Å². The molecule has 0 unspecified atom stereocenters. The molecule has 18 atom stereocenters. The van der Waals surface area contributed by atoms with E-state index in [1.807, 2.05) is 59.0 Å². The standard InChI is InChI=1S/C49H78N2O11/c1-28-16-17-31(4)45(61-42-24-40(56-12)46(35(8)60-42)62-41-23-39(55-11)43(34(7)59-41)50-51(9)10)30(3)14-13-15-36-18-19-37-44(52)32(5)22-38(49(36,37)54)47(53)58-33(6)26-48(25-28)21-20-29(2)27-57-48/h13-15,17,20-22,28-30,33-35,37-46,50,52,54H,16,18-19,23-27H2,1-12H3/b14-13+,31-17+,36-15+/t28-,29-,30-,33-,34-,35-,37+,38-,39-,40-,41-,42-,43+,44+,45-,46-,48-,49-/m0/s1. The largest absolute Gasteiger partial charge is 0.462 e. The van der Waals surface area contributed by atoms with Crippen molar-refractivity contribution in [1.82, 2.24) is 10.4 Å². The molecule has 0 bridgehead atoms. The van der Waals surface area contributed by atoms with Crippen LogP contribution in [0.2, 0.25) is 0 Å². The highest BCUT2D eigenvalue weighted by Gasteiger charge is 2.58. The normalized spacial score (nSPS) is 47.0. The summed E-state index contributed by atoms with van der Waals surface area (Å²) in [6, 6.07) is -0.0247. The van der Waals surface area contributed by atoms with Gasteiger partial charge >= 0.3 is 5.97 Å². The molecule has 2 aliphatic carbocycles. The average Bonchev–Trinajstić information content (AvgIpc) is 3.56. The summed E-state index contributed by atoms with van der Waals surface area (Å²) in [7, 11) is 7.33. The lowest BCUT2D eigenvalue weighted by Crippen LogP contribution is -2.60. The molecule has 4 aliphatic heterocycles. The molecule has 0 aromatic carbocycles. The number of hydrazine groups is 1. The number of aliphatic hydroxyl groups excluding tert-OH is 1. The van der Waals surface area contributed by atoms with E-state index in [2.05, 4.69) is 57.4 Å². The van der Waals surface area contributed by atoms with Crippen molar-refractivity contribution < 1.29 is 52.9 Å². The van der Waals surface area contributed by atoms with Crippen LogP contribution in [0.3, 0.4) is 0 Å². The minimum atomic E-state index is -1.58. The Morgan fingerprint density at radius 2 is 1.60 bits per heavy atom. The van der Waals surface area contributed by atoms with Crippen molar-refractivity contribution in [2.45, 2.75) is 179 Å². The van der Waals surface area contributed by atoms with Crippen LogP contribution in [0.15, 0.2) is 59.3 Å². The topological polar surface area (TPSA) is 147 Å².